The van der Waals surface area contributed by atoms with Crippen molar-refractivity contribution >= 4 is 23.8 Å². The van der Waals surface area contributed by atoms with Gasteiger partial charge in [-0.2, -0.15) is 0 Å². The van der Waals surface area contributed by atoms with Crippen LogP contribution in [0.4, 0.5) is 0 Å². The molecule has 110 valence electrons. The lowest BCUT2D eigenvalue weighted by Gasteiger charge is -2.05. The van der Waals surface area contributed by atoms with Crippen LogP contribution in [0.3, 0.4) is 0 Å². The van der Waals surface area contributed by atoms with E-state index in [1.807, 2.05) is 0 Å². The molecular formula is C12H26BrO4P. The molecule has 0 radical (unpaired) electrons. The third-order valence-electron chi connectivity index (χ3n) is 2.79. The number of phosphoric ester groups is 1. The molecule has 0 aromatic carbocycles. The number of alkyl halides is 1. The molecule has 0 heterocycles. The molecule has 4 nitrogen and oxygen atoms in total. The predicted octanol–water partition coefficient (Wildman–Crippen LogP) is 4.39. The highest BCUT2D eigenvalue weighted by atomic mass is 79.9. The van der Waals surface area contributed by atoms with Gasteiger partial charge in [0.05, 0.1) is 6.61 Å². The molecule has 0 aromatic rings. The number of hydrogen-bond donors (Lipinski definition) is 2. The number of hydrogen-bond acceptors (Lipinski definition) is 2. The van der Waals surface area contributed by atoms with Crippen LogP contribution in [0.25, 0.3) is 0 Å². The van der Waals surface area contributed by atoms with Gasteiger partial charge in [0.1, 0.15) is 0 Å². The van der Waals surface area contributed by atoms with E-state index in [9.17, 15) is 4.57 Å². The quantitative estimate of drug-likeness (QED) is 0.295. The standard InChI is InChI=1S/C12H26BrO4P/c13-11-9-7-5-3-1-2-4-6-8-10-12-17-18(14,15)16/h1-12H2,(H2,14,15,16). The summed E-state index contributed by atoms with van der Waals surface area (Å²) in [5, 5.41) is 1.11. The summed E-state index contributed by atoms with van der Waals surface area (Å²) in [4.78, 5) is 16.9. The second-order valence-corrected chi connectivity index (χ2v) is 6.58. The zero-order valence-electron chi connectivity index (χ0n) is 11.0. The second kappa shape index (κ2) is 12.6. The summed E-state index contributed by atoms with van der Waals surface area (Å²) in [5.74, 6) is 0. The molecule has 0 bridgehead atoms. The fourth-order valence-electron chi connectivity index (χ4n) is 1.79. The topological polar surface area (TPSA) is 66.8 Å². The number of phosphoric acid groups is 1. The van der Waals surface area contributed by atoms with E-state index < -0.39 is 7.82 Å². The minimum absolute atomic E-state index is 0.164. The van der Waals surface area contributed by atoms with Gasteiger partial charge >= 0.3 is 7.82 Å². The Bertz CT molecular complexity index is 220. The van der Waals surface area contributed by atoms with Crippen LogP contribution in [0.2, 0.25) is 0 Å². The first-order valence-corrected chi connectivity index (χ1v) is 9.47. The average molecular weight is 345 g/mol. The molecule has 0 saturated heterocycles. The van der Waals surface area contributed by atoms with E-state index in [0.717, 1.165) is 24.6 Å². The fraction of sp³-hybridized carbons (Fsp3) is 1.00. The van der Waals surface area contributed by atoms with E-state index in [0.29, 0.717) is 0 Å². The highest BCUT2D eigenvalue weighted by Crippen LogP contribution is 2.35. The van der Waals surface area contributed by atoms with Crippen molar-refractivity contribution in [2.24, 2.45) is 0 Å². The van der Waals surface area contributed by atoms with E-state index in [2.05, 4.69) is 20.5 Å². The van der Waals surface area contributed by atoms with Crippen LogP contribution in [-0.2, 0) is 9.09 Å². The molecule has 0 spiro atoms. The molecule has 0 fully saturated rings. The van der Waals surface area contributed by atoms with Crippen LogP contribution < -0.4 is 0 Å². The van der Waals surface area contributed by atoms with Gasteiger partial charge in [0, 0.05) is 5.33 Å². The summed E-state index contributed by atoms with van der Waals surface area (Å²) in [7, 11) is -4.25. The Morgan fingerprint density at radius 1 is 0.778 bits per heavy atom. The zero-order valence-corrected chi connectivity index (χ0v) is 13.5. The Labute approximate surface area is 119 Å². The maximum Gasteiger partial charge on any atom is 0.469 e. The molecular weight excluding hydrogens is 319 g/mol. The lowest BCUT2D eigenvalue weighted by atomic mass is 10.1. The average Bonchev–Trinajstić information content (AvgIpc) is 2.29. The highest BCUT2D eigenvalue weighted by Gasteiger charge is 2.12. The SMILES string of the molecule is O=P(O)(O)OCCCCCCCCCCCCBr. The summed E-state index contributed by atoms with van der Waals surface area (Å²) in [6.45, 7) is 0.164. The summed E-state index contributed by atoms with van der Waals surface area (Å²) in [6, 6.07) is 0. The summed E-state index contributed by atoms with van der Waals surface area (Å²) < 4.78 is 14.8. The lowest BCUT2D eigenvalue weighted by Crippen LogP contribution is -1.92. The van der Waals surface area contributed by atoms with Crippen molar-refractivity contribution in [3.05, 3.63) is 0 Å². The molecule has 0 saturated carbocycles. The third-order valence-corrected chi connectivity index (χ3v) is 3.87. The maximum absolute atomic E-state index is 10.4. The van der Waals surface area contributed by atoms with Crippen LogP contribution >= 0.6 is 23.8 Å². The lowest BCUT2D eigenvalue weighted by molar-refractivity contribution is 0.193. The van der Waals surface area contributed by atoms with Crippen molar-refractivity contribution in [1.82, 2.24) is 0 Å². The summed E-state index contributed by atoms with van der Waals surface area (Å²) >= 11 is 3.43. The molecule has 0 aromatic heterocycles. The molecule has 2 N–H and O–H groups in total. The van der Waals surface area contributed by atoms with Gasteiger partial charge in [-0.25, -0.2) is 4.57 Å². The maximum atomic E-state index is 10.4. The van der Waals surface area contributed by atoms with Gasteiger partial charge in [0.25, 0.3) is 0 Å². The first-order chi connectivity index (χ1) is 8.56. The van der Waals surface area contributed by atoms with Crippen LogP contribution in [0.1, 0.15) is 64.2 Å². The first-order valence-electron chi connectivity index (χ1n) is 6.82. The van der Waals surface area contributed by atoms with Gasteiger partial charge in [0.15, 0.2) is 0 Å². The Morgan fingerprint density at radius 2 is 1.17 bits per heavy atom. The van der Waals surface area contributed by atoms with Gasteiger partial charge in [-0.1, -0.05) is 67.3 Å². The predicted molar refractivity (Wildman–Crippen MR) is 78.0 cm³/mol. The normalized spacial score (nSPS) is 11.9. The highest BCUT2D eigenvalue weighted by molar-refractivity contribution is 9.09. The van der Waals surface area contributed by atoms with Gasteiger partial charge in [-0.15, -0.1) is 0 Å². The van der Waals surface area contributed by atoms with E-state index in [-0.39, 0.29) is 6.61 Å². The number of halogens is 1. The van der Waals surface area contributed by atoms with E-state index in [1.165, 1.54) is 44.9 Å². The molecule has 0 aliphatic rings. The Morgan fingerprint density at radius 3 is 1.56 bits per heavy atom. The van der Waals surface area contributed by atoms with Gasteiger partial charge in [0.2, 0.25) is 0 Å². The minimum atomic E-state index is -4.25. The molecule has 0 aliphatic carbocycles. The van der Waals surface area contributed by atoms with Crippen molar-refractivity contribution in [2.75, 3.05) is 11.9 Å². The van der Waals surface area contributed by atoms with Crippen molar-refractivity contribution in [2.45, 2.75) is 64.2 Å². The van der Waals surface area contributed by atoms with Gasteiger partial charge < -0.3 is 9.79 Å². The van der Waals surface area contributed by atoms with Crippen molar-refractivity contribution in [3.8, 4) is 0 Å². The Balaban J connectivity index is 3.01. The summed E-state index contributed by atoms with van der Waals surface area (Å²) in [6.07, 6.45) is 11.9. The fourth-order valence-corrected chi connectivity index (χ4v) is 2.56. The number of unbranched alkanes of at least 4 members (excludes halogenated alkanes) is 9. The van der Waals surface area contributed by atoms with E-state index in [1.54, 1.807) is 0 Å². The van der Waals surface area contributed by atoms with E-state index in [4.69, 9.17) is 9.79 Å². The molecule has 18 heavy (non-hydrogen) atoms. The molecule has 0 unspecified atom stereocenters. The molecule has 0 atom stereocenters. The zero-order chi connectivity index (χ0) is 13.7. The molecule has 0 amide bonds. The molecule has 0 aliphatic heterocycles. The Hall–Kier alpha value is 0.590. The molecule has 0 rings (SSSR count). The minimum Gasteiger partial charge on any atom is -0.303 e. The van der Waals surface area contributed by atoms with Crippen molar-refractivity contribution in [3.63, 3.8) is 0 Å². The third kappa shape index (κ3) is 16.6. The van der Waals surface area contributed by atoms with Crippen molar-refractivity contribution < 1.29 is 18.9 Å². The largest absolute Gasteiger partial charge is 0.469 e. The smallest absolute Gasteiger partial charge is 0.303 e. The summed E-state index contributed by atoms with van der Waals surface area (Å²) in [5.41, 5.74) is 0. The van der Waals surface area contributed by atoms with E-state index >= 15 is 0 Å². The van der Waals surface area contributed by atoms with Crippen molar-refractivity contribution in [1.29, 1.82) is 0 Å². The molecule has 6 heteroatoms. The van der Waals surface area contributed by atoms with Crippen LogP contribution in [0, 0.1) is 0 Å². The monoisotopic (exact) mass is 344 g/mol. The van der Waals surface area contributed by atoms with Gasteiger partial charge in [-0.3, -0.25) is 4.52 Å². The van der Waals surface area contributed by atoms with Crippen LogP contribution in [-0.4, -0.2) is 21.7 Å². The van der Waals surface area contributed by atoms with Crippen LogP contribution in [0.15, 0.2) is 0 Å². The first kappa shape index (κ1) is 18.6. The number of rotatable bonds is 13. The van der Waals surface area contributed by atoms with Crippen LogP contribution in [0.5, 0.6) is 0 Å². The second-order valence-electron chi connectivity index (χ2n) is 4.55. The Kier molecular flexibility index (Phi) is 13.0. The van der Waals surface area contributed by atoms with Gasteiger partial charge in [-0.05, 0) is 12.8 Å².